The van der Waals surface area contributed by atoms with Crippen LogP contribution in [0.3, 0.4) is 0 Å². The molecule has 0 fully saturated rings. The summed E-state index contributed by atoms with van der Waals surface area (Å²) in [5.74, 6) is -0.293. The highest BCUT2D eigenvalue weighted by atomic mass is 16.5. The lowest BCUT2D eigenvalue weighted by Crippen LogP contribution is -2.13. The molecule has 3 aromatic rings. The molecule has 0 spiro atoms. The van der Waals surface area contributed by atoms with Crippen LogP contribution in [0.25, 0.3) is 11.1 Å². The van der Waals surface area contributed by atoms with Gasteiger partial charge in [0.1, 0.15) is 17.2 Å². The number of carbonyl (C=O) groups excluding carboxylic acids is 4. The van der Waals surface area contributed by atoms with Crippen LogP contribution in [0, 0.1) is 0 Å². The Morgan fingerprint density at radius 2 is 1.15 bits per heavy atom. The predicted molar refractivity (Wildman–Crippen MR) is 175 cm³/mol. The fraction of sp³-hybridized carbons (Fsp3) is 0.297. The molecule has 0 aliphatic carbocycles. The molecule has 0 radical (unpaired) electrons. The average Bonchev–Trinajstić information content (AvgIpc) is 3.09. The second-order valence-corrected chi connectivity index (χ2v) is 10.3. The molecule has 248 valence electrons. The van der Waals surface area contributed by atoms with E-state index in [1.165, 1.54) is 7.11 Å². The van der Waals surface area contributed by atoms with Crippen molar-refractivity contribution in [2.75, 3.05) is 33.5 Å². The lowest BCUT2D eigenvalue weighted by atomic mass is 10.0. The highest BCUT2D eigenvalue weighted by Gasteiger charge is 2.13. The van der Waals surface area contributed by atoms with E-state index in [4.69, 9.17) is 23.7 Å². The lowest BCUT2D eigenvalue weighted by molar-refractivity contribution is -0.144. The Kier molecular flexibility index (Phi) is 15.3. The number of ether oxygens (including phenoxy) is 6. The first kappa shape index (κ1) is 36.1. The molecule has 0 aliphatic heterocycles. The minimum absolute atomic E-state index is 0.0396. The molecule has 0 N–H and O–H groups in total. The van der Waals surface area contributed by atoms with E-state index in [9.17, 15) is 19.2 Å². The van der Waals surface area contributed by atoms with Crippen LogP contribution in [0.4, 0.5) is 0 Å². The SMILES string of the molecule is C=CC(=O)OCCCCCCOc1ccc(OC(=O)c2ccc(-c3ccc(OCCCOC(=O)C(=C)CC(=O)OC)cc3)cc2)cc1. The Balaban J connectivity index is 1.34. The van der Waals surface area contributed by atoms with E-state index < -0.39 is 23.9 Å². The van der Waals surface area contributed by atoms with Crippen molar-refractivity contribution in [2.24, 2.45) is 0 Å². The predicted octanol–water partition coefficient (Wildman–Crippen LogP) is 6.67. The summed E-state index contributed by atoms with van der Waals surface area (Å²) in [6, 6.07) is 21.5. The number of carbonyl (C=O) groups is 4. The number of unbranched alkanes of at least 4 members (excludes halogenated alkanes) is 3. The van der Waals surface area contributed by atoms with Crippen LogP contribution in [0.5, 0.6) is 17.2 Å². The Morgan fingerprint density at radius 3 is 1.74 bits per heavy atom. The van der Waals surface area contributed by atoms with Crippen LogP contribution in [-0.4, -0.2) is 57.4 Å². The van der Waals surface area contributed by atoms with Gasteiger partial charge in [0.05, 0.1) is 45.5 Å². The molecule has 47 heavy (non-hydrogen) atoms. The zero-order valence-corrected chi connectivity index (χ0v) is 26.6. The summed E-state index contributed by atoms with van der Waals surface area (Å²) in [5.41, 5.74) is 2.32. The largest absolute Gasteiger partial charge is 0.494 e. The van der Waals surface area contributed by atoms with E-state index in [2.05, 4.69) is 17.9 Å². The minimum atomic E-state index is -0.637. The van der Waals surface area contributed by atoms with Gasteiger partial charge in [-0.15, -0.1) is 0 Å². The summed E-state index contributed by atoms with van der Waals surface area (Å²) in [6.07, 6.45) is 4.99. The third kappa shape index (κ3) is 13.2. The highest BCUT2D eigenvalue weighted by Crippen LogP contribution is 2.24. The average molecular weight is 645 g/mol. The molecule has 10 heteroatoms. The number of rotatable bonds is 20. The van der Waals surface area contributed by atoms with Crippen LogP contribution in [-0.2, 0) is 28.6 Å². The maximum Gasteiger partial charge on any atom is 0.343 e. The van der Waals surface area contributed by atoms with Crippen molar-refractivity contribution in [3.05, 3.63) is 103 Å². The molecule has 3 aromatic carbocycles. The molecule has 0 saturated heterocycles. The van der Waals surface area contributed by atoms with Crippen LogP contribution < -0.4 is 14.2 Å². The summed E-state index contributed by atoms with van der Waals surface area (Å²) in [4.78, 5) is 46.7. The van der Waals surface area contributed by atoms with Crippen LogP contribution in [0.1, 0.15) is 48.9 Å². The van der Waals surface area contributed by atoms with Crippen molar-refractivity contribution in [2.45, 2.75) is 38.5 Å². The van der Waals surface area contributed by atoms with Gasteiger partial charge in [0.25, 0.3) is 0 Å². The minimum Gasteiger partial charge on any atom is -0.494 e. The molecular weight excluding hydrogens is 604 g/mol. The van der Waals surface area contributed by atoms with Gasteiger partial charge in [-0.25, -0.2) is 14.4 Å². The maximum absolute atomic E-state index is 12.7. The van der Waals surface area contributed by atoms with E-state index in [1.807, 2.05) is 36.4 Å². The Hall–Kier alpha value is -5.38. The molecule has 0 heterocycles. The number of benzene rings is 3. The van der Waals surface area contributed by atoms with Crippen LogP contribution >= 0.6 is 0 Å². The molecule has 0 unspecified atom stereocenters. The summed E-state index contributed by atoms with van der Waals surface area (Å²) >= 11 is 0. The molecule has 0 saturated carbocycles. The number of hydrogen-bond acceptors (Lipinski definition) is 10. The highest BCUT2D eigenvalue weighted by molar-refractivity contribution is 5.93. The Bertz CT molecular complexity index is 1480. The van der Waals surface area contributed by atoms with E-state index in [0.29, 0.717) is 49.1 Å². The normalized spacial score (nSPS) is 10.3. The maximum atomic E-state index is 12.7. The van der Waals surface area contributed by atoms with Crippen molar-refractivity contribution in [3.63, 3.8) is 0 Å². The summed E-state index contributed by atoms with van der Waals surface area (Å²) < 4.78 is 31.5. The van der Waals surface area contributed by atoms with Gasteiger partial charge in [0, 0.05) is 18.1 Å². The molecule has 0 aromatic heterocycles. The van der Waals surface area contributed by atoms with Gasteiger partial charge in [-0.05, 0) is 85.3 Å². The smallest absolute Gasteiger partial charge is 0.343 e. The van der Waals surface area contributed by atoms with Gasteiger partial charge < -0.3 is 28.4 Å². The summed E-state index contributed by atoms with van der Waals surface area (Å²) in [6.45, 7) is 8.32. The Labute approximate surface area is 274 Å². The standard InChI is InChI=1S/C37H40O10/c1-4-34(38)45-23-8-6-5-7-22-43-32-18-20-33(21-19-32)47-37(41)30-12-10-28(11-13-30)29-14-16-31(17-15-29)44-24-9-25-46-36(40)27(2)26-35(39)42-3/h4,10-21H,1-2,5-9,22-26H2,3H3. The van der Waals surface area contributed by atoms with Crippen molar-refractivity contribution in [3.8, 4) is 28.4 Å². The first-order valence-electron chi connectivity index (χ1n) is 15.3. The van der Waals surface area contributed by atoms with Crippen LogP contribution in [0.2, 0.25) is 0 Å². The van der Waals surface area contributed by atoms with Crippen LogP contribution in [0.15, 0.2) is 97.6 Å². The summed E-state index contributed by atoms with van der Waals surface area (Å²) in [7, 11) is 1.24. The van der Waals surface area contributed by atoms with Gasteiger partial charge in [-0.1, -0.05) is 37.4 Å². The van der Waals surface area contributed by atoms with Gasteiger partial charge in [-0.3, -0.25) is 4.79 Å². The first-order valence-corrected chi connectivity index (χ1v) is 15.3. The van der Waals surface area contributed by atoms with Crippen molar-refractivity contribution < 1.29 is 47.6 Å². The van der Waals surface area contributed by atoms with Crippen molar-refractivity contribution >= 4 is 23.9 Å². The number of methoxy groups -OCH3 is 1. The Morgan fingerprint density at radius 1 is 0.638 bits per heavy atom. The van der Waals surface area contributed by atoms with Gasteiger partial charge in [-0.2, -0.15) is 0 Å². The quantitative estimate of drug-likeness (QED) is 0.0433. The zero-order chi connectivity index (χ0) is 33.9. The van der Waals surface area contributed by atoms with Gasteiger partial charge in [0.2, 0.25) is 0 Å². The molecule has 10 nitrogen and oxygen atoms in total. The van der Waals surface area contributed by atoms with Gasteiger partial charge in [0.15, 0.2) is 0 Å². The topological polar surface area (TPSA) is 124 Å². The molecule has 0 amide bonds. The molecule has 0 bridgehead atoms. The second-order valence-electron chi connectivity index (χ2n) is 10.3. The monoisotopic (exact) mass is 644 g/mol. The van der Waals surface area contributed by atoms with E-state index in [1.54, 1.807) is 36.4 Å². The van der Waals surface area contributed by atoms with Gasteiger partial charge >= 0.3 is 23.9 Å². The van der Waals surface area contributed by atoms with E-state index in [0.717, 1.165) is 42.9 Å². The van der Waals surface area contributed by atoms with Crippen molar-refractivity contribution in [1.29, 1.82) is 0 Å². The molecule has 3 rings (SSSR count). The summed E-state index contributed by atoms with van der Waals surface area (Å²) in [5, 5.41) is 0. The number of esters is 4. The van der Waals surface area contributed by atoms with E-state index >= 15 is 0 Å². The molecule has 0 atom stereocenters. The number of hydrogen-bond donors (Lipinski definition) is 0. The third-order valence-electron chi connectivity index (χ3n) is 6.73. The lowest BCUT2D eigenvalue weighted by Gasteiger charge is -2.10. The second kappa shape index (κ2) is 19.9. The van der Waals surface area contributed by atoms with E-state index in [-0.39, 0.29) is 18.6 Å². The third-order valence-corrected chi connectivity index (χ3v) is 6.73. The zero-order valence-electron chi connectivity index (χ0n) is 26.6. The van der Waals surface area contributed by atoms with Crippen molar-refractivity contribution in [1.82, 2.24) is 0 Å². The first-order chi connectivity index (χ1) is 22.8. The fourth-order valence-corrected chi connectivity index (χ4v) is 4.13. The molecule has 0 aliphatic rings. The molecular formula is C37H40O10. The fourth-order valence-electron chi connectivity index (χ4n) is 4.13.